The minimum Gasteiger partial charge on any atom is -0.396 e. The molecule has 0 aromatic heterocycles. The van der Waals surface area contributed by atoms with E-state index in [9.17, 15) is 23.3 Å². The minimum atomic E-state index is -4.66. The fraction of sp³-hybridized carbons (Fsp3) is 0.538. The van der Waals surface area contributed by atoms with Crippen LogP contribution in [0, 0.1) is 15.5 Å². The van der Waals surface area contributed by atoms with Crippen LogP contribution >= 0.6 is 0 Å². The molecule has 0 radical (unpaired) electrons. The van der Waals surface area contributed by atoms with E-state index in [1.54, 1.807) is 0 Å². The van der Waals surface area contributed by atoms with Crippen molar-refractivity contribution < 1.29 is 23.2 Å². The van der Waals surface area contributed by atoms with Crippen LogP contribution in [0.4, 0.5) is 24.5 Å². The molecule has 2 rings (SSSR count). The van der Waals surface area contributed by atoms with Gasteiger partial charge in [0.05, 0.1) is 10.5 Å². The lowest BCUT2D eigenvalue weighted by molar-refractivity contribution is -0.385. The fourth-order valence-corrected chi connectivity index (χ4v) is 2.25. The van der Waals surface area contributed by atoms with Crippen LogP contribution in [-0.2, 0) is 6.18 Å². The van der Waals surface area contributed by atoms with Crippen LogP contribution in [0.1, 0.15) is 24.8 Å². The molecule has 0 aliphatic heterocycles. The van der Waals surface area contributed by atoms with Crippen LogP contribution in [0.2, 0.25) is 0 Å². The van der Waals surface area contributed by atoms with Gasteiger partial charge in [0.2, 0.25) is 0 Å². The summed E-state index contributed by atoms with van der Waals surface area (Å²) < 4.78 is 38.9. The second-order valence-corrected chi connectivity index (χ2v) is 5.31. The molecule has 0 spiro atoms. The number of alkyl halides is 3. The molecule has 1 aliphatic carbocycles. The smallest absolute Gasteiger partial charge is 0.396 e. The van der Waals surface area contributed by atoms with Gasteiger partial charge in [-0.2, -0.15) is 13.2 Å². The molecule has 0 amide bonds. The van der Waals surface area contributed by atoms with E-state index in [1.165, 1.54) is 0 Å². The van der Waals surface area contributed by atoms with Crippen molar-refractivity contribution in [3.05, 3.63) is 33.9 Å². The van der Waals surface area contributed by atoms with Crippen molar-refractivity contribution in [1.82, 2.24) is 0 Å². The monoisotopic (exact) mass is 304 g/mol. The predicted molar refractivity (Wildman–Crippen MR) is 70.0 cm³/mol. The molecule has 1 aromatic rings. The Hall–Kier alpha value is -1.83. The summed E-state index contributed by atoms with van der Waals surface area (Å²) in [5.41, 5.74) is -1.96. The normalized spacial score (nSPS) is 16.6. The lowest BCUT2D eigenvalue weighted by Gasteiger charge is -2.18. The number of benzene rings is 1. The highest BCUT2D eigenvalue weighted by Crippen LogP contribution is 2.49. The number of aliphatic hydroxyl groups is 1. The SMILES string of the molecule is O=[N+]([O-])c1ccc(NCC2(CCO)CC2)c(C(F)(F)F)c1. The number of hydrogen-bond donors (Lipinski definition) is 2. The van der Waals surface area contributed by atoms with Crippen molar-refractivity contribution in [3.8, 4) is 0 Å². The van der Waals surface area contributed by atoms with Gasteiger partial charge < -0.3 is 10.4 Å². The molecule has 5 nitrogen and oxygen atoms in total. The number of nitrogens with one attached hydrogen (secondary N) is 1. The first kappa shape index (κ1) is 15.6. The summed E-state index contributed by atoms with van der Waals surface area (Å²) in [4.78, 5) is 9.74. The quantitative estimate of drug-likeness (QED) is 0.625. The number of halogens is 3. The van der Waals surface area contributed by atoms with Crippen molar-refractivity contribution in [2.45, 2.75) is 25.4 Å². The van der Waals surface area contributed by atoms with E-state index in [2.05, 4.69) is 5.32 Å². The molecular formula is C13H15F3N2O3. The summed E-state index contributed by atoms with van der Waals surface area (Å²) in [6.07, 6.45) is -2.42. The number of nitro groups is 1. The van der Waals surface area contributed by atoms with Crippen molar-refractivity contribution >= 4 is 11.4 Å². The Kier molecular flexibility index (Phi) is 4.08. The van der Waals surface area contributed by atoms with Crippen LogP contribution in [-0.4, -0.2) is 23.2 Å². The Labute approximate surface area is 118 Å². The Morgan fingerprint density at radius 2 is 2.05 bits per heavy atom. The van der Waals surface area contributed by atoms with E-state index in [1.807, 2.05) is 0 Å². The molecule has 0 atom stereocenters. The Morgan fingerprint density at radius 3 is 2.52 bits per heavy atom. The number of aliphatic hydroxyl groups excluding tert-OH is 1. The van der Waals surface area contributed by atoms with Crippen LogP contribution in [0.5, 0.6) is 0 Å². The third kappa shape index (κ3) is 3.63. The summed E-state index contributed by atoms with van der Waals surface area (Å²) in [7, 11) is 0. The topological polar surface area (TPSA) is 75.4 Å². The first-order valence-electron chi connectivity index (χ1n) is 6.48. The highest BCUT2D eigenvalue weighted by molar-refractivity contribution is 5.57. The number of rotatable bonds is 6. The van der Waals surface area contributed by atoms with E-state index in [-0.39, 0.29) is 17.7 Å². The number of anilines is 1. The lowest BCUT2D eigenvalue weighted by Crippen LogP contribution is -2.19. The molecule has 116 valence electrons. The maximum atomic E-state index is 13.0. The van der Waals surface area contributed by atoms with Crippen LogP contribution in [0.25, 0.3) is 0 Å². The third-order valence-electron chi connectivity index (χ3n) is 3.77. The van der Waals surface area contributed by atoms with Gasteiger partial charge in [0, 0.05) is 31.0 Å². The van der Waals surface area contributed by atoms with E-state index >= 15 is 0 Å². The second-order valence-electron chi connectivity index (χ2n) is 5.31. The first-order valence-corrected chi connectivity index (χ1v) is 6.48. The van der Waals surface area contributed by atoms with E-state index in [0.29, 0.717) is 19.0 Å². The average Bonchev–Trinajstić information content (AvgIpc) is 3.16. The van der Waals surface area contributed by atoms with Crippen molar-refractivity contribution in [3.63, 3.8) is 0 Å². The van der Waals surface area contributed by atoms with Gasteiger partial charge in [0.25, 0.3) is 5.69 Å². The molecule has 1 saturated carbocycles. The Morgan fingerprint density at radius 1 is 1.38 bits per heavy atom. The minimum absolute atomic E-state index is 0.00588. The van der Waals surface area contributed by atoms with Crippen molar-refractivity contribution in [2.75, 3.05) is 18.5 Å². The molecule has 1 aliphatic rings. The molecule has 21 heavy (non-hydrogen) atoms. The summed E-state index contributed by atoms with van der Waals surface area (Å²) in [6, 6.07) is 2.66. The molecule has 0 saturated heterocycles. The van der Waals surface area contributed by atoms with Gasteiger partial charge in [0.1, 0.15) is 0 Å². The van der Waals surface area contributed by atoms with Gasteiger partial charge in [-0.15, -0.1) is 0 Å². The standard InChI is InChI=1S/C13H15F3N2O3/c14-13(15,16)10-7-9(18(20)21)1-2-11(10)17-8-12(3-4-12)5-6-19/h1-2,7,17,19H,3-6,8H2. The maximum Gasteiger partial charge on any atom is 0.418 e. The zero-order chi connectivity index (χ0) is 15.7. The highest BCUT2D eigenvalue weighted by Gasteiger charge is 2.42. The predicted octanol–water partition coefficient (Wildman–Crippen LogP) is 3.19. The zero-order valence-corrected chi connectivity index (χ0v) is 11.1. The summed E-state index contributed by atoms with van der Waals surface area (Å²) in [6.45, 7) is 0.308. The van der Waals surface area contributed by atoms with E-state index in [0.717, 1.165) is 25.0 Å². The molecule has 1 fully saturated rings. The summed E-state index contributed by atoms with van der Waals surface area (Å²) in [5.74, 6) is 0. The van der Waals surface area contributed by atoms with Gasteiger partial charge in [-0.1, -0.05) is 0 Å². The average molecular weight is 304 g/mol. The molecule has 0 unspecified atom stereocenters. The number of non-ortho nitro benzene ring substituents is 1. The third-order valence-corrected chi connectivity index (χ3v) is 3.77. The van der Waals surface area contributed by atoms with Crippen LogP contribution in [0.15, 0.2) is 18.2 Å². The van der Waals surface area contributed by atoms with Crippen molar-refractivity contribution in [1.29, 1.82) is 0 Å². The Balaban J connectivity index is 2.20. The fourth-order valence-electron chi connectivity index (χ4n) is 2.25. The molecular weight excluding hydrogens is 289 g/mol. The zero-order valence-electron chi connectivity index (χ0n) is 11.1. The first-order chi connectivity index (χ1) is 9.77. The second kappa shape index (κ2) is 5.51. The number of nitro benzene ring substituents is 1. The Bertz CT molecular complexity index is 542. The van der Waals surface area contributed by atoms with Gasteiger partial charge in [-0.25, -0.2) is 0 Å². The van der Waals surface area contributed by atoms with Gasteiger partial charge in [0.15, 0.2) is 0 Å². The molecule has 8 heteroatoms. The van der Waals surface area contributed by atoms with E-state index in [4.69, 9.17) is 5.11 Å². The van der Waals surface area contributed by atoms with Crippen molar-refractivity contribution in [2.24, 2.45) is 5.41 Å². The van der Waals surface area contributed by atoms with Gasteiger partial charge in [-0.3, -0.25) is 10.1 Å². The van der Waals surface area contributed by atoms with E-state index < -0.39 is 22.4 Å². The summed E-state index contributed by atoms with van der Waals surface area (Å²) >= 11 is 0. The number of hydrogen-bond acceptors (Lipinski definition) is 4. The van der Waals surface area contributed by atoms with Gasteiger partial charge in [-0.05, 0) is 30.7 Å². The maximum absolute atomic E-state index is 13.0. The summed E-state index contributed by atoms with van der Waals surface area (Å²) in [5, 5.41) is 22.3. The molecule has 1 aromatic carbocycles. The van der Waals surface area contributed by atoms with Crippen LogP contribution in [0.3, 0.4) is 0 Å². The highest BCUT2D eigenvalue weighted by atomic mass is 19.4. The molecule has 0 bridgehead atoms. The largest absolute Gasteiger partial charge is 0.418 e. The number of nitrogens with zero attached hydrogens (tertiary/aromatic N) is 1. The van der Waals surface area contributed by atoms with Crippen LogP contribution < -0.4 is 5.32 Å². The lowest BCUT2D eigenvalue weighted by atomic mass is 10.0. The van der Waals surface area contributed by atoms with Gasteiger partial charge >= 0.3 is 6.18 Å². The molecule has 2 N–H and O–H groups in total. The molecule has 0 heterocycles.